The van der Waals surface area contributed by atoms with Crippen molar-refractivity contribution >= 4 is 28.7 Å². The van der Waals surface area contributed by atoms with Crippen molar-refractivity contribution in [3.05, 3.63) is 64.4 Å². The predicted octanol–water partition coefficient (Wildman–Crippen LogP) is 3.77. The molecule has 2 N–H and O–H groups in total. The van der Waals surface area contributed by atoms with Gasteiger partial charge in [-0.25, -0.2) is 9.59 Å². The van der Waals surface area contributed by atoms with Gasteiger partial charge in [-0.3, -0.25) is 9.69 Å². The standard InChI is InChI=1S/C33H39F3N2O12/c34-33(35,36)28-4-2-1-3-26(28)29-19-23-5-6-24(20-27(23)30(40)37-29)38-21-25(50-31(38)41)22-49-32(42)48-18-17-47-16-15-46-14-13-45-12-11-44-10-9-43-8-7-39/h1-6,19-20,25,39H,7-18,21-22H2,(H,37,40). The number of cyclic esters (lactones) is 1. The van der Waals surface area contributed by atoms with Crippen molar-refractivity contribution in [2.45, 2.75) is 12.3 Å². The summed E-state index contributed by atoms with van der Waals surface area (Å²) in [5.74, 6) is 0. The van der Waals surface area contributed by atoms with Crippen LogP contribution in [0.5, 0.6) is 0 Å². The normalized spacial score (nSPS) is 14.7. The van der Waals surface area contributed by atoms with Gasteiger partial charge >= 0.3 is 18.4 Å². The highest BCUT2D eigenvalue weighted by Gasteiger charge is 2.35. The first-order valence-electron chi connectivity index (χ1n) is 15.8. The van der Waals surface area contributed by atoms with Crippen LogP contribution in [0.1, 0.15) is 5.56 Å². The summed E-state index contributed by atoms with van der Waals surface area (Å²) in [5.41, 5.74) is -1.36. The van der Waals surface area contributed by atoms with Crippen LogP contribution in [0.25, 0.3) is 22.0 Å². The Morgan fingerprint density at radius 1 is 0.820 bits per heavy atom. The van der Waals surface area contributed by atoms with E-state index in [0.29, 0.717) is 57.3 Å². The maximum absolute atomic E-state index is 13.5. The number of carbonyl (C=O) groups excluding carboxylic acids is 2. The van der Waals surface area contributed by atoms with E-state index in [1.165, 1.54) is 47.4 Å². The lowest BCUT2D eigenvalue weighted by molar-refractivity contribution is -0.137. The number of aliphatic hydroxyl groups excluding tert-OH is 1. The lowest BCUT2D eigenvalue weighted by Gasteiger charge is -2.15. The number of amides is 1. The minimum absolute atomic E-state index is 0.00285. The molecule has 3 aromatic rings. The number of carbonyl (C=O) groups is 2. The number of aliphatic hydroxyl groups is 1. The molecule has 14 nitrogen and oxygen atoms in total. The number of nitrogens with one attached hydrogen (secondary N) is 1. The molecule has 50 heavy (non-hydrogen) atoms. The predicted molar refractivity (Wildman–Crippen MR) is 171 cm³/mol. The molecule has 1 amide bonds. The number of H-pyrrole nitrogens is 1. The summed E-state index contributed by atoms with van der Waals surface area (Å²) in [7, 11) is 0. The molecule has 1 saturated heterocycles. The third kappa shape index (κ3) is 12.0. The zero-order chi connectivity index (χ0) is 35.8. The first-order valence-corrected chi connectivity index (χ1v) is 15.8. The number of benzene rings is 2. The number of hydrogen-bond acceptors (Lipinski definition) is 12. The van der Waals surface area contributed by atoms with Crippen LogP contribution in [0.2, 0.25) is 0 Å². The van der Waals surface area contributed by atoms with Crippen molar-refractivity contribution in [3.63, 3.8) is 0 Å². The van der Waals surface area contributed by atoms with Gasteiger partial charge in [0.15, 0.2) is 6.10 Å². The van der Waals surface area contributed by atoms with Crippen LogP contribution in [0, 0.1) is 0 Å². The van der Waals surface area contributed by atoms with Crippen molar-refractivity contribution < 1.29 is 65.8 Å². The van der Waals surface area contributed by atoms with Gasteiger partial charge in [-0.15, -0.1) is 0 Å². The van der Waals surface area contributed by atoms with Gasteiger partial charge in [0, 0.05) is 22.3 Å². The molecule has 0 bridgehead atoms. The number of hydrogen-bond donors (Lipinski definition) is 2. The van der Waals surface area contributed by atoms with Crippen molar-refractivity contribution in [3.8, 4) is 11.3 Å². The smallest absolute Gasteiger partial charge is 0.440 e. The molecule has 0 aliphatic carbocycles. The number of aromatic nitrogens is 1. The van der Waals surface area contributed by atoms with Crippen LogP contribution in [0.3, 0.4) is 0 Å². The van der Waals surface area contributed by atoms with Crippen LogP contribution >= 0.6 is 0 Å². The highest BCUT2D eigenvalue weighted by atomic mass is 19.4. The molecule has 1 aromatic heterocycles. The second-order valence-corrected chi connectivity index (χ2v) is 10.6. The lowest BCUT2D eigenvalue weighted by Crippen LogP contribution is -2.27. The molecule has 2 heterocycles. The number of rotatable bonds is 21. The summed E-state index contributed by atoms with van der Waals surface area (Å²) in [5, 5.41) is 9.12. The molecule has 1 unspecified atom stereocenters. The second-order valence-electron chi connectivity index (χ2n) is 10.6. The third-order valence-corrected chi connectivity index (χ3v) is 7.10. The molecule has 0 spiro atoms. The quantitative estimate of drug-likeness (QED) is 0.122. The highest BCUT2D eigenvalue weighted by Crippen LogP contribution is 2.36. The number of fused-ring (bicyclic) bond motifs is 1. The molecule has 0 saturated carbocycles. The first-order chi connectivity index (χ1) is 24.2. The molecular formula is C33H39F3N2O12. The van der Waals surface area contributed by atoms with Crippen LogP contribution < -0.4 is 10.5 Å². The van der Waals surface area contributed by atoms with Gasteiger partial charge in [0.05, 0.1) is 84.8 Å². The van der Waals surface area contributed by atoms with Crippen LogP contribution in [0.4, 0.5) is 28.4 Å². The molecule has 1 aliphatic rings. The molecule has 17 heteroatoms. The summed E-state index contributed by atoms with van der Waals surface area (Å²) in [4.78, 5) is 41.2. The van der Waals surface area contributed by atoms with Gasteiger partial charge < -0.3 is 48.0 Å². The molecular weight excluding hydrogens is 673 g/mol. The van der Waals surface area contributed by atoms with E-state index in [-0.39, 0.29) is 62.8 Å². The van der Waals surface area contributed by atoms with Gasteiger partial charge in [-0.05, 0) is 29.7 Å². The minimum atomic E-state index is -4.61. The van der Waals surface area contributed by atoms with Gasteiger partial charge in [0.25, 0.3) is 5.56 Å². The zero-order valence-electron chi connectivity index (χ0n) is 27.1. The van der Waals surface area contributed by atoms with E-state index in [4.69, 9.17) is 43.0 Å². The van der Waals surface area contributed by atoms with Crippen LogP contribution in [-0.2, 0) is 44.1 Å². The molecule has 1 fully saturated rings. The Morgan fingerprint density at radius 2 is 1.42 bits per heavy atom. The van der Waals surface area contributed by atoms with Gasteiger partial charge in [0.2, 0.25) is 0 Å². The zero-order valence-corrected chi connectivity index (χ0v) is 27.1. The third-order valence-electron chi connectivity index (χ3n) is 7.10. The Morgan fingerprint density at radius 3 is 2.04 bits per heavy atom. The SMILES string of the molecule is O=C(OCCOCCOCCOCCOCCOCCO)OCC1CN(c2ccc3cc(-c4ccccc4C(F)(F)F)[nH]c(=O)c3c2)C(=O)O1. The largest absolute Gasteiger partial charge is 0.508 e. The Bertz CT molecular complexity index is 1590. The number of pyridine rings is 1. The molecule has 274 valence electrons. The summed E-state index contributed by atoms with van der Waals surface area (Å²) in [6.45, 7) is 3.08. The molecule has 0 radical (unpaired) electrons. The summed E-state index contributed by atoms with van der Waals surface area (Å²) < 4.78 is 82.3. The number of halogens is 3. The van der Waals surface area contributed by atoms with E-state index >= 15 is 0 Å². The summed E-state index contributed by atoms with van der Waals surface area (Å²) in [6, 6.07) is 10.9. The average molecular weight is 713 g/mol. The minimum Gasteiger partial charge on any atom is -0.440 e. The Balaban J connectivity index is 1.10. The van der Waals surface area contributed by atoms with E-state index in [0.717, 1.165) is 6.07 Å². The second kappa shape index (κ2) is 19.8. The fraction of sp³-hybridized carbons (Fsp3) is 0.485. The lowest BCUT2D eigenvalue weighted by atomic mass is 10.0. The van der Waals surface area contributed by atoms with E-state index < -0.39 is 35.7 Å². The fourth-order valence-corrected chi connectivity index (χ4v) is 4.78. The maximum atomic E-state index is 13.5. The number of aromatic amines is 1. The molecule has 4 rings (SSSR count). The van der Waals surface area contributed by atoms with E-state index in [1.54, 1.807) is 0 Å². The number of alkyl halides is 3. The van der Waals surface area contributed by atoms with Crippen molar-refractivity contribution in [1.82, 2.24) is 4.98 Å². The Hall–Kier alpha value is -4.26. The van der Waals surface area contributed by atoms with E-state index in [2.05, 4.69) is 4.98 Å². The number of nitrogens with zero attached hydrogens (tertiary/aromatic N) is 1. The van der Waals surface area contributed by atoms with Gasteiger partial charge in [-0.2, -0.15) is 13.2 Å². The average Bonchev–Trinajstić information content (AvgIpc) is 3.48. The molecule has 2 aromatic carbocycles. The van der Waals surface area contributed by atoms with E-state index in [1.807, 2.05) is 0 Å². The molecule has 1 aliphatic heterocycles. The van der Waals surface area contributed by atoms with Crippen molar-refractivity contribution in [2.75, 3.05) is 97.3 Å². The highest BCUT2D eigenvalue weighted by molar-refractivity contribution is 5.94. The Labute approximate surface area is 284 Å². The fourth-order valence-electron chi connectivity index (χ4n) is 4.78. The van der Waals surface area contributed by atoms with Crippen molar-refractivity contribution in [1.29, 1.82) is 0 Å². The topological polar surface area (TPSA) is 164 Å². The van der Waals surface area contributed by atoms with Gasteiger partial charge in [0.1, 0.15) is 13.2 Å². The van der Waals surface area contributed by atoms with Crippen LogP contribution in [-0.4, -0.2) is 121 Å². The number of anilines is 1. The molecule has 1 atom stereocenters. The van der Waals surface area contributed by atoms with Crippen molar-refractivity contribution in [2.24, 2.45) is 0 Å². The maximum Gasteiger partial charge on any atom is 0.508 e. The Kier molecular flexibility index (Phi) is 15.3. The van der Waals surface area contributed by atoms with Crippen LogP contribution in [0.15, 0.2) is 53.3 Å². The number of ether oxygens (including phenoxy) is 8. The monoisotopic (exact) mass is 712 g/mol. The summed E-state index contributed by atoms with van der Waals surface area (Å²) in [6.07, 6.45) is -7.13. The summed E-state index contributed by atoms with van der Waals surface area (Å²) >= 11 is 0. The van der Waals surface area contributed by atoms with E-state index in [9.17, 15) is 27.6 Å². The first kappa shape index (κ1) is 38.5. The van der Waals surface area contributed by atoms with Gasteiger partial charge in [-0.1, -0.05) is 24.3 Å².